The summed E-state index contributed by atoms with van der Waals surface area (Å²) >= 11 is 6.20. The van der Waals surface area contributed by atoms with E-state index in [9.17, 15) is 4.79 Å². The molecule has 1 heterocycles. The minimum Gasteiger partial charge on any atom is -0.335 e. The van der Waals surface area contributed by atoms with Crippen LogP contribution in [-0.4, -0.2) is 9.55 Å². The number of benzene rings is 1. The highest BCUT2D eigenvalue weighted by Gasteiger charge is 2.32. The Hall–Kier alpha value is -1.81. The summed E-state index contributed by atoms with van der Waals surface area (Å²) in [5, 5.41) is 3.54. The predicted molar refractivity (Wildman–Crippen MR) is 99.5 cm³/mol. The Kier molecular flexibility index (Phi) is 4.68. The van der Waals surface area contributed by atoms with E-state index in [0.29, 0.717) is 16.9 Å². The third-order valence-electron chi connectivity index (χ3n) is 4.94. The van der Waals surface area contributed by atoms with Crippen LogP contribution in [0.15, 0.2) is 23.1 Å². The summed E-state index contributed by atoms with van der Waals surface area (Å²) in [4.78, 5) is 17.1. The zero-order valence-corrected chi connectivity index (χ0v) is 15.4. The Morgan fingerprint density at radius 3 is 2.54 bits per heavy atom. The van der Waals surface area contributed by atoms with Crippen LogP contribution in [0.3, 0.4) is 0 Å². The first kappa shape index (κ1) is 17.0. The van der Waals surface area contributed by atoms with Gasteiger partial charge in [-0.1, -0.05) is 24.6 Å². The molecule has 3 rings (SSSR count). The fourth-order valence-corrected chi connectivity index (χ4v) is 3.46. The SMILES string of the molecule is CC[C@H](C1CC1)n1cc(Cl)nc(Nc2cc(C)c(C)cc2C)c1=O. The summed E-state index contributed by atoms with van der Waals surface area (Å²) in [6, 6.07) is 4.37. The number of nitrogens with zero attached hydrogens (tertiary/aromatic N) is 2. The molecule has 1 aliphatic rings. The van der Waals surface area contributed by atoms with Gasteiger partial charge in [-0.15, -0.1) is 0 Å². The normalized spacial score (nSPS) is 15.4. The van der Waals surface area contributed by atoms with Crippen LogP contribution in [0.4, 0.5) is 11.5 Å². The van der Waals surface area contributed by atoms with Crippen LogP contribution in [0.1, 0.15) is 48.9 Å². The van der Waals surface area contributed by atoms with Crippen LogP contribution in [0, 0.1) is 26.7 Å². The van der Waals surface area contributed by atoms with Gasteiger partial charge in [0.15, 0.2) is 5.82 Å². The molecule has 1 atom stereocenters. The summed E-state index contributed by atoms with van der Waals surface area (Å²) in [5.41, 5.74) is 4.29. The Labute approximate surface area is 147 Å². The second-order valence-corrected chi connectivity index (χ2v) is 7.20. The van der Waals surface area contributed by atoms with Gasteiger partial charge in [-0.25, -0.2) is 4.98 Å². The van der Waals surface area contributed by atoms with Crippen molar-refractivity contribution >= 4 is 23.1 Å². The molecule has 0 aliphatic heterocycles. The van der Waals surface area contributed by atoms with E-state index in [2.05, 4.69) is 43.2 Å². The smallest absolute Gasteiger partial charge is 0.294 e. The van der Waals surface area contributed by atoms with Gasteiger partial charge in [-0.2, -0.15) is 0 Å². The molecule has 4 nitrogen and oxygen atoms in total. The second kappa shape index (κ2) is 6.60. The highest BCUT2D eigenvalue weighted by molar-refractivity contribution is 6.29. The molecule has 0 saturated heterocycles. The van der Waals surface area contributed by atoms with E-state index in [-0.39, 0.29) is 11.6 Å². The summed E-state index contributed by atoms with van der Waals surface area (Å²) in [6.07, 6.45) is 4.97. The molecule has 0 amide bonds. The summed E-state index contributed by atoms with van der Waals surface area (Å²) in [6.45, 7) is 8.28. The van der Waals surface area contributed by atoms with Gasteiger partial charge in [0.2, 0.25) is 0 Å². The molecule has 1 aromatic carbocycles. The maximum atomic E-state index is 12.9. The number of aryl methyl sites for hydroxylation is 3. The van der Waals surface area contributed by atoms with Crippen molar-refractivity contribution in [2.24, 2.45) is 5.92 Å². The van der Waals surface area contributed by atoms with Crippen molar-refractivity contribution in [1.29, 1.82) is 0 Å². The van der Waals surface area contributed by atoms with E-state index >= 15 is 0 Å². The molecule has 1 N–H and O–H groups in total. The lowest BCUT2D eigenvalue weighted by Crippen LogP contribution is -2.28. The van der Waals surface area contributed by atoms with Gasteiger partial charge in [0.25, 0.3) is 5.56 Å². The van der Waals surface area contributed by atoms with Crippen molar-refractivity contribution in [3.63, 3.8) is 0 Å². The lowest BCUT2D eigenvalue weighted by Gasteiger charge is -2.19. The highest BCUT2D eigenvalue weighted by atomic mass is 35.5. The van der Waals surface area contributed by atoms with E-state index in [0.717, 1.165) is 17.7 Å². The molecule has 24 heavy (non-hydrogen) atoms. The van der Waals surface area contributed by atoms with Crippen LogP contribution in [0.2, 0.25) is 5.15 Å². The van der Waals surface area contributed by atoms with E-state index in [4.69, 9.17) is 11.6 Å². The molecule has 1 fully saturated rings. The monoisotopic (exact) mass is 345 g/mol. The number of rotatable bonds is 5. The Morgan fingerprint density at radius 1 is 1.25 bits per heavy atom. The minimum absolute atomic E-state index is 0.101. The highest BCUT2D eigenvalue weighted by Crippen LogP contribution is 2.41. The molecule has 1 aromatic heterocycles. The van der Waals surface area contributed by atoms with Crippen molar-refractivity contribution in [3.8, 4) is 0 Å². The minimum atomic E-state index is -0.101. The third kappa shape index (κ3) is 3.34. The summed E-state index contributed by atoms with van der Waals surface area (Å²) in [5.74, 6) is 0.885. The maximum Gasteiger partial charge on any atom is 0.294 e. The fraction of sp³-hybridized carbons (Fsp3) is 0.474. The Bertz CT molecular complexity index is 824. The van der Waals surface area contributed by atoms with Crippen molar-refractivity contribution < 1.29 is 0 Å². The largest absolute Gasteiger partial charge is 0.335 e. The number of halogens is 1. The number of hydrogen-bond acceptors (Lipinski definition) is 3. The van der Waals surface area contributed by atoms with E-state index in [1.165, 1.54) is 24.0 Å². The number of hydrogen-bond donors (Lipinski definition) is 1. The zero-order valence-electron chi connectivity index (χ0n) is 14.7. The molecule has 0 spiro atoms. The summed E-state index contributed by atoms with van der Waals surface area (Å²) < 4.78 is 1.77. The first-order valence-corrected chi connectivity index (χ1v) is 8.92. The summed E-state index contributed by atoms with van der Waals surface area (Å²) in [7, 11) is 0. The van der Waals surface area contributed by atoms with Crippen molar-refractivity contribution in [1.82, 2.24) is 9.55 Å². The van der Waals surface area contributed by atoms with Crippen LogP contribution >= 0.6 is 11.6 Å². The number of aromatic nitrogens is 2. The standard InChI is InChI=1S/C19H24ClN3O/c1-5-16(14-6-7-14)23-10-17(20)22-18(19(23)24)21-15-9-12(3)11(2)8-13(15)4/h8-10,14,16H,5-7H2,1-4H3,(H,21,22)/t16-/m1/s1. The molecule has 0 radical (unpaired) electrons. The topological polar surface area (TPSA) is 46.9 Å². The van der Waals surface area contributed by atoms with E-state index in [1.807, 2.05) is 6.92 Å². The first-order chi connectivity index (χ1) is 11.4. The Morgan fingerprint density at radius 2 is 1.92 bits per heavy atom. The lowest BCUT2D eigenvalue weighted by molar-refractivity contribution is 0.419. The average molecular weight is 346 g/mol. The molecular weight excluding hydrogens is 322 g/mol. The molecule has 1 aliphatic carbocycles. The van der Waals surface area contributed by atoms with E-state index < -0.39 is 0 Å². The molecule has 128 valence electrons. The van der Waals surface area contributed by atoms with Gasteiger partial charge >= 0.3 is 0 Å². The second-order valence-electron chi connectivity index (χ2n) is 6.81. The van der Waals surface area contributed by atoms with Crippen molar-refractivity contribution in [2.45, 2.75) is 53.0 Å². The van der Waals surface area contributed by atoms with Crippen LogP contribution in [0.25, 0.3) is 0 Å². The molecule has 0 bridgehead atoms. The third-order valence-corrected chi connectivity index (χ3v) is 5.12. The zero-order chi connectivity index (χ0) is 17.4. The van der Waals surface area contributed by atoms with Gasteiger partial charge in [0.1, 0.15) is 5.15 Å². The Balaban J connectivity index is 2.01. The van der Waals surface area contributed by atoms with Gasteiger partial charge in [-0.05, 0) is 68.7 Å². The van der Waals surface area contributed by atoms with Crippen LogP contribution in [0.5, 0.6) is 0 Å². The molecule has 1 saturated carbocycles. The number of anilines is 2. The molecule has 0 unspecified atom stereocenters. The molecule has 5 heteroatoms. The van der Waals surface area contributed by atoms with Gasteiger partial charge in [0, 0.05) is 17.9 Å². The maximum absolute atomic E-state index is 12.9. The van der Waals surface area contributed by atoms with E-state index in [1.54, 1.807) is 10.8 Å². The van der Waals surface area contributed by atoms with Gasteiger partial charge in [-0.3, -0.25) is 4.79 Å². The predicted octanol–water partition coefficient (Wildman–Crippen LogP) is 4.93. The van der Waals surface area contributed by atoms with Gasteiger partial charge in [0.05, 0.1) is 0 Å². The molecular formula is C19H24ClN3O. The fourth-order valence-electron chi connectivity index (χ4n) is 3.27. The van der Waals surface area contributed by atoms with Crippen LogP contribution in [-0.2, 0) is 0 Å². The van der Waals surface area contributed by atoms with Crippen LogP contribution < -0.4 is 10.9 Å². The van der Waals surface area contributed by atoms with Crippen molar-refractivity contribution in [2.75, 3.05) is 5.32 Å². The average Bonchev–Trinajstić information content (AvgIpc) is 3.34. The first-order valence-electron chi connectivity index (χ1n) is 8.54. The molecule has 2 aromatic rings. The lowest BCUT2D eigenvalue weighted by atomic mass is 10.0. The quantitative estimate of drug-likeness (QED) is 0.836. The van der Waals surface area contributed by atoms with Gasteiger partial charge < -0.3 is 9.88 Å². The van der Waals surface area contributed by atoms with Crippen molar-refractivity contribution in [3.05, 3.63) is 50.5 Å². The number of nitrogens with one attached hydrogen (secondary N) is 1.